The normalized spacial score (nSPS) is 18.3. The molecule has 0 fully saturated rings. The van der Waals surface area contributed by atoms with Gasteiger partial charge in [-0.05, 0) is 50.9 Å². The molecule has 6 nitrogen and oxygen atoms in total. The zero-order chi connectivity index (χ0) is 23.6. The van der Waals surface area contributed by atoms with Crippen molar-refractivity contribution in [1.82, 2.24) is 0 Å². The average Bonchev–Trinajstić information content (AvgIpc) is 2.80. The first-order valence-electron chi connectivity index (χ1n) is 10.9. The zero-order valence-electron chi connectivity index (χ0n) is 18.8. The molecule has 1 amide bonds. The van der Waals surface area contributed by atoms with Gasteiger partial charge in [0.25, 0.3) is 6.47 Å². The number of nitrogen functional groups attached to an aromatic ring is 1. The van der Waals surface area contributed by atoms with Gasteiger partial charge in [-0.15, -0.1) is 0 Å². The number of carbonyl (C=O) groups excluding carboxylic acids is 2. The van der Waals surface area contributed by atoms with E-state index in [2.05, 4.69) is 59.2 Å². The first-order chi connectivity index (χ1) is 15.8. The first-order valence-corrected chi connectivity index (χ1v) is 13.9. The lowest BCUT2D eigenvalue weighted by molar-refractivity contribution is -0.376. The minimum atomic E-state index is -2.10. The van der Waals surface area contributed by atoms with Gasteiger partial charge in [0.15, 0.2) is 6.23 Å². The Bertz CT molecular complexity index is 1230. The maximum atomic E-state index is 12.5. The van der Waals surface area contributed by atoms with Crippen molar-refractivity contribution in [3.63, 3.8) is 0 Å². The van der Waals surface area contributed by atoms with Crippen LogP contribution in [0.2, 0.25) is 13.1 Å². The summed E-state index contributed by atoms with van der Waals surface area (Å²) in [6.07, 6.45) is 5.77. The SMILES string of the molecule is C[Si]1(C)C2=CC(=[NH+]C(=O)CC[C@H](N)OC=O)C=CC2=C(c2ccccc2)c2ccc(N)cc21. The zero-order valence-corrected chi connectivity index (χ0v) is 19.8. The van der Waals surface area contributed by atoms with Crippen LogP contribution in [-0.4, -0.2) is 32.4 Å². The van der Waals surface area contributed by atoms with Crippen LogP contribution in [-0.2, 0) is 14.3 Å². The van der Waals surface area contributed by atoms with Crippen LogP contribution in [0, 0.1) is 0 Å². The topological polar surface area (TPSA) is 109 Å². The lowest BCUT2D eigenvalue weighted by atomic mass is 9.90. The van der Waals surface area contributed by atoms with Crippen molar-refractivity contribution in [3.8, 4) is 0 Å². The van der Waals surface area contributed by atoms with Crippen molar-refractivity contribution < 1.29 is 19.3 Å². The van der Waals surface area contributed by atoms with Gasteiger partial charge in [-0.1, -0.05) is 49.5 Å². The van der Waals surface area contributed by atoms with Crippen molar-refractivity contribution in [3.05, 3.63) is 88.7 Å². The molecule has 0 unspecified atom stereocenters. The Hall–Kier alpha value is -3.55. The van der Waals surface area contributed by atoms with E-state index in [0.29, 0.717) is 6.47 Å². The number of carbonyl (C=O) groups is 2. The Morgan fingerprint density at radius 2 is 1.91 bits per heavy atom. The van der Waals surface area contributed by atoms with Crippen LogP contribution in [0.3, 0.4) is 0 Å². The molecule has 33 heavy (non-hydrogen) atoms. The minimum absolute atomic E-state index is 0.160. The van der Waals surface area contributed by atoms with Gasteiger partial charge in [-0.25, -0.2) is 4.79 Å². The molecule has 1 aliphatic heterocycles. The molecule has 0 aromatic heterocycles. The summed E-state index contributed by atoms with van der Waals surface area (Å²) in [6.45, 7) is 4.92. The standard InChI is InChI=1S/C26H27N3O3Si/c1-33(2)22-14-18(27)8-10-20(22)26(17-6-4-3-5-7-17)21-11-9-19(15-23(21)33)29-25(31)13-12-24(28)32-16-30/h3-11,14-16,24H,12-13,27-28H2,1-2H3/p+1/t24-/m1/s1. The lowest BCUT2D eigenvalue weighted by Crippen LogP contribution is -2.77. The van der Waals surface area contributed by atoms with E-state index >= 15 is 0 Å². The van der Waals surface area contributed by atoms with Gasteiger partial charge in [0.2, 0.25) is 5.71 Å². The van der Waals surface area contributed by atoms with Gasteiger partial charge in [0.1, 0.15) is 8.07 Å². The predicted octanol–water partition coefficient (Wildman–Crippen LogP) is 1.32. The Balaban J connectivity index is 1.78. The molecular formula is C26H28N3O3Si+. The summed E-state index contributed by atoms with van der Waals surface area (Å²) in [5.41, 5.74) is 18.1. The van der Waals surface area contributed by atoms with Gasteiger partial charge >= 0.3 is 5.91 Å². The summed E-state index contributed by atoms with van der Waals surface area (Å²) in [4.78, 5) is 25.8. The van der Waals surface area contributed by atoms with Gasteiger partial charge in [0, 0.05) is 24.3 Å². The molecule has 4 rings (SSSR count). The third kappa shape index (κ3) is 4.51. The molecule has 1 aliphatic carbocycles. The Morgan fingerprint density at radius 1 is 1.15 bits per heavy atom. The molecule has 2 aromatic rings. The number of amides is 1. The molecule has 7 heteroatoms. The number of benzene rings is 2. The molecule has 168 valence electrons. The van der Waals surface area contributed by atoms with Crippen LogP contribution < -0.4 is 21.6 Å². The Kier molecular flexibility index (Phi) is 6.26. The number of nitrogens with one attached hydrogen (secondary N) is 1. The number of anilines is 1. The van der Waals surface area contributed by atoms with Gasteiger partial charge in [-0.2, -0.15) is 4.99 Å². The predicted molar refractivity (Wildman–Crippen MR) is 133 cm³/mol. The molecule has 5 N–H and O–H groups in total. The largest absolute Gasteiger partial charge is 0.449 e. The first kappa shape index (κ1) is 22.6. The molecule has 1 atom stereocenters. The molecule has 1 heterocycles. The number of ether oxygens (including phenoxy) is 1. The molecule has 0 saturated carbocycles. The third-order valence-corrected chi connectivity index (χ3v) is 9.70. The smallest absolute Gasteiger partial charge is 0.385 e. The van der Waals surface area contributed by atoms with E-state index in [1.165, 1.54) is 27.1 Å². The maximum absolute atomic E-state index is 12.5. The third-order valence-electron chi connectivity index (χ3n) is 6.18. The molecule has 2 aromatic carbocycles. The van der Waals surface area contributed by atoms with Crippen LogP contribution in [0.1, 0.15) is 24.0 Å². The summed E-state index contributed by atoms with van der Waals surface area (Å²) in [5.74, 6) is -0.174. The molecule has 0 radical (unpaired) electrons. The maximum Gasteiger partial charge on any atom is 0.385 e. The van der Waals surface area contributed by atoms with Crippen LogP contribution in [0.15, 0.2) is 77.5 Å². The quantitative estimate of drug-likeness (QED) is 0.262. The molecule has 2 aliphatic rings. The van der Waals surface area contributed by atoms with E-state index in [0.717, 1.165) is 17.0 Å². The van der Waals surface area contributed by atoms with Crippen LogP contribution in [0.25, 0.3) is 5.57 Å². The van der Waals surface area contributed by atoms with Crippen LogP contribution in [0.4, 0.5) is 5.69 Å². The Morgan fingerprint density at radius 3 is 2.64 bits per heavy atom. The molecule has 0 saturated heterocycles. The summed E-state index contributed by atoms with van der Waals surface area (Å²) < 4.78 is 4.65. The van der Waals surface area contributed by atoms with Crippen LogP contribution >= 0.6 is 0 Å². The summed E-state index contributed by atoms with van der Waals surface area (Å²) in [6, 6.07) is 16.6. The fourth-order valence-electron chi connectivity index (χ4n) is 4.50. The number of hydrogen-bond acceptors (Lipinski definition) is 5. The highest BCUT2D eigenvalue weighted by Gasteiger charge is 2.40. The second kappa shape index (κ2) is 9.13. The summed E-state index contributed by atoms with van der Waals surface area (Å²) in [5, 5.41) is 2.53. The minimum Gasteiger partial charge on any atom is -0.449 e. The molecule has 0 bridgehead atoms. The lowest BCUT2D eigenvalue weighted by Gasteiger charge is -2.37. The average molecular weight is 459 g/mol. The monoisotopic (exact) mass is 458 g/mol. The molecular weight excluding hydrogens is 430 g/mol. The van der Waals surface area contributed by atoms with Crippen molar-refractivity contribution in [1.29, 1.82) is 0 Å². The highest BCUT2D eigenvalue weighted by molar-refractivity contribution is 6.98. The van der Waals surface area contributed by atoms with E-state index in [-0.39, 0.29) is 18.7 Å². The van der Waals surface area contributed by atoms with E-state index in [1.54, 1.807) is 0 Å². The number of nitrogens with two attached hydrogens (primary N) is 2. The second-order valence-corrected chi connectivity index (χ2v) is 13.1. The van der Waals surface area contributed by atoms with Crippen molar-refractivity contribution >= 4 is 42.6 Å². The molecule has 0 spiro atoms. The Labute approximate surface area is 194 Å². The highest BCUT2D eigenvalue weighted by atomic mass is 28.3. The highest BCUT2D eigenvalue weighted by Crippen LogP contribution is 2.41. The van der Waals surface area contributed by atoms with E-state index in [1.807, 2.05) is 30.3 Å². The van der Waals surface area contributed by atoms with E-state index < -0.39 is 14.3 Å². The van der Waals surface area contributed by atoms with Gasteiger partial charge < -0.3 is 10.5 Å². The second-order valence-electron chi connectivity index (χ2n) is 8.79. The fourth-order valence-corrected chi connectivity index (χ4v) is 7.59. The number of hydrogen-bond donors (Lipinski definition) is 3. The van der Waals surface area contributed by atoms with E-state index in [9.17, 15) is 9.59 Å². The van der Waals surface area contributed by atoms with E-state index in [4.69, 9.17) is 11.5 Å². The van der Waals surface area contributed by atoms with Gasteiger partial charge in [0.05, 0.1) is 6.42 Å². The fraction of sp³-hybridized carbons (Fsp3) is 0.192. The van der Waals surface area contributed by atoms with Crippen molar-refractivity contribution in [2.75, 3.05) is 5.73 Å². The number of allylic oxidation sites excluding steroid dienone is 5. The van der Waals surface area contributed by atoms with Crippen molar-refractivity contribution in [2.24, 2.45) is 5.73 Å². The van der Waals surface area contributed by atoms with Gasteiger partial charge in [-0.3, -0.25) is 10.5 Å². The number of rotatable bonds is 6. The summed E-state index contributed by atoms with van der Waals surface area (Å²) in [7, 11) is -2.10. The van der Waals surface area contributed by atoms with Crippen molar-refractivity contribution in [2.45, 2.75) is 32.2 Å². The number of fused-ring (bicyclic) bond motifs is 2. The van der Waals surface area contributed by atoms with Crippen LogP contribution in [0.5, 0.6) is 0 Å². The summed E-state index contributed by atoms with van der Waals surface area (Å²) >= 11 is 0.